The topological polar surface area (TPSA) is 64.1 Å². The van der Waals surface area contributed by atoms with Crippen LogP contribution in [-0.4, -0.2) is 34.6 Å². The molecule has 2 aromatic rings. The van der Waals surface area contributed by atoms with Gasteiger partial charge in [0.1, 0.15) is 0 Å². The highest BCUT2D eigenvalue weighted by atomic mass is 16.5. The van der Waals surface area contributed by atoms with Gasteiger partial charge in [-0.1, -0.05) is 0 Å². The van der Waals surface area contributed by atoms with E-state index in [-0.39, 0.29) is 18.1 Å². The molecule has 0 spiro atoms. The van der Waals surface area contributed by atoms with Gasteiger partial charge in [-0.3, -0.25) is 4.79 Å². The molecule has 116 valence electrons. The lowest BCUT2D eigenvalue weighted by Crippen LogP contribution is -2.40. The Bertz CT molecular complexity index is 708. The molecule has 0 saturated carbocycles. The summed E-state index contributed by atoms with van der Waals surface area (Å²) < 4.78 is 5.61. The van der Waals surface area contributed by atoms with Crippen molar-refractivity contribution in [1.29, 1.82) is 0 Å². The zero-order valence-corrected chi connectivity index (χ0v) is 13.2. The number of hydrogen-bond donors (Lipinski definition) is 1. The van der Waals surface area contributed by atoms with E-state index in [1.165, 1.54) is 0 Å². The predicted octanol–water partition coefficient (Wildman–Crippen LogP) is 2.54. The van der Waals surface area contributed by atoms with Crippen LogP contribution in [0.4, 0.5) is 0 Å². The van der Waals surface area contributed by atoms with Gasteiger partial charge in [-0.05, 0) is 51.8 Å². The number of nitrogens with one attached hydrogen (secondary N) is 1. The molecule has 1 aromatic heterocycles. The molecular formula is C17H21N3O2. The van der Waals surface area contributed by atoms with Crippen molar-refractivity contribution in [3.63, 3.8) is 0 Å². The first-order valence-electron chi connectivity index (χ1n) is 7.72. The van der Waals surface area contributed by atoms with Crippen LogP contribution >= 0.6 is 0 Å². The normalized spacial score (nSPS) is 19.3. The highest BCUT2D eigenvalue weighted by Gasteiger charge is 2.24. The maximum Gasteiger partial charge on any atom is 0.251 e. The molecule has 5 heteroatoms. The zero-order chi connectivity index (χ0) is 15.7. The van der Waals surface area contributed by atoms with Crippen LogP contribution in [-0.2, 0) is 4.74 Å². The van der Waals surface area contributed by atoms with Crippen molar-refractivity contribution in [3.8, 4) is 0 Å². The minimum absolute atomic E-state index is 0.0107. The van der Waals surface area contributed by atoms with Crippen LogP contribution < -0.4 is 5.32 Å². The smallest absolute Gasteiger partial charge is 0.251 e. The van der Waals surface area contributed by atoms with Gasteiger partial charge in [0.05, 0.1) is 34.6 Å². The third-order valence-corrected chi connectivity index (χ3v) is 4.22. The Kier molecular flexibility index (Phi) is 4.07. The molecule has 1 amide bonds. The van der Waals surface area contributed by atoms with E-state index in [4.69, 9.17) is 4.74 Å². The summed E-state index contributed by atoms with van der Waals surface area (Å²) in [7, 11) is 0. The average molecular weight is 299 g/mol. The van der Waals surface area contributed by atoms with Crippen LogP contribution in [0.3, 0.4) is 0 Å². The molecule has 1 aliphatic heterocycles. The SMILES string of the molecule is Cc1nc2ccc(C(=O)NC(C)C3CCCO3)cc2nc1C. The zero-order valence-electron chi connectivity index (χ0n) is 13.2. The molecule has 3 rings (SSSR count). The number of benzene rings is 1. The van der Waals surface area contributed by atoms with Crippen LogP contribution in [0.2, 0.25) is 0 Å². The summed E-state index contributed by atoms with van der Waals surface area (Å²) in [5.74, 6) is -0.0927. The Labute approximate surface area is 130 Å². The molecule has 1 fully saturated rings. The van der Waals surface area contributed by atoms with Crippen LogP contribution in [0.1, 0.15) is 41.5 Å². The number of amides is 1. The Morgan fingerprint density at radius 1 is 1.27 bits per heavy atom. The molecular weight excluding hydrogens is 278 g/mol. The Morgan fingerprint density at radius 3 is 2.68 bits per heavy atom. The summed E-state index contributed by atoms with van der Waals surface area (Å²) in [6.07, 6.45) is 2.19. The van der Waals surface area contributed by atoms with Gasteiger partial charge in [-0.15, -0.1) is 0 Å². The van der Waals surface area contributed by atoms with Crippen molar-refractivity contribution >= 4 is 16.9 Å². The van der Waals surface area contributed by atoms with Gasteiger partial charge in [0.25, 0.3) is 5.91 Å². The Hall–Kier alpha value is -2.01. The molecule has 0 bridgehead atoms. The van der Waals surface area contributed by atoms with Crippen molar-refractivity contribution in [3.05, 3.63) is 35.2 Å². The quantitative estimate of drug-likeness (QED) is 0.946. The number of aromatic nitrogens is 2. The van der Waals surface area contributed by atoms with Crippen molar-refractivity contribution in [2.75, 3.05) is 6.61 Å². The van der Waals surface area contributed by atoms with Crippen LogP contribution in [0.15, 0.2) is 18.2 Å². The van der Waals surface area contributed by atoms with E-state index < -0.39 is 0 Å². The van der Waals surface area contributed by atoms with Gasteiger partial charge in [-0.2, -0.15) is 0 Å². The summed E-state index contributed by atoms with van der Waals surface area (Å²) in [5, 5.41) is 3.02. The van der Waals surface area contributed by atoms with Gasteiger partial charge in [-0.25, -0.2) is 9.97 Å². The lowest BCUT2D eigenvalue weighted by molar-refractivity contribution is 0.0712. The largest absolute Gasteiger partial charge is 0.376 e. The molecule has 0 aliphatic carbocycles. The minimum atomic E-state index is -0.0927. The van der Waals surface area contributed by atoms with Crippen molar-refractivity contribution in [2.24, 2.45) is 0 Å². The molecule has 5 nitrogen and oxygen atoms in total. The summed E-state index contributed by atoms with van der Waals surface area (Å²) >= 11 is 0. The average Bonchev–Trinajstić information content (AvgIpc) is 3.02. The third-order valence-electron chi connectivity index (χ3n) is 4.22. The monoisotopic (exact) mass is 299 g/mol. The molecule has 1 saturated heterocycles. The van der Waals surface area contributed by atoms with Gasteiger partial charge in [0.2, 0.25) is 0 Å². The first-order chi connectivity index (χ1) is 10.5. The third kappa shape index (κ3) is 2.95. The first kappa shape index (κ1) is 14.9. The Morgan fingerprint density at radius 2 is 2.00 bits per heavy atom. The lowest BCUT2D eigenvalue weighted by Gasteiger charge is -2.20. The number of carbonyl (C=O) groups excluding carboxylic acids is 1. The molecule has 1 aliphatic rings. The van der Waals surface area contributed by atoms with Gasteiger partial charge < -0.3 is 10.1 Å². The molecule has 22 heavy (non-hydrogen) atoms. The van der Waals surface area contributed by atoms with Crippen molar-refractivity contribution < 1.29 is 9.53 Å². The van der Waals surface area contributed by atoms with Crippen molar-refractivity contribution in [1.82, 2.24) is 15.3 Å². The highest BCUT2D eigenvalue weighted by molar-refractivity contribution is 5.97. The van der Waals surface area contributed by atoms with E-state index in [9.17, 15) is 4.79 Å². The van der Waals surface area contributed by atoms with E-state index in [1.807, 2.05) is 26.8 Å². The van der Waals surface area contributed by atoms with Gasteiger partial charge in [0.15, 0.2) is 0 Å². The molecule has 2 atom stereocenters. The fourth-order valence-corrected chi connectivity index (χ4v) is 2.75. The number of rotatable bonds is 3. The van der Waals surface area contributed by atoms with Gasteiger partial charge in [0, 0.05) is 12.2 Å². The van der Waals surface area contributed by atoms with Crippen LogP contribution in [0, 0.1) is 13.8 Å². The van der Waals surface area contributed by atoms with E-state index in [0.717, 1.165) is 41.9 Å². The summed E-state index contributed by atoms with van der Waals surface area (Å²) in [6, 6.07) is 5.45. The molecule has 0 radical (unpaired) electrons. The number of ether oxygens (including phenoxy) is 1. The number of fused-ring (bicyclic) bond motifs is 1. The van der Waals surface area contributed by atoms with E-state index >= 15 is 0 Å². The molecule has 1 aromatic carbocycles. The summed E-state index contributed by atoms with van der Waals surface area (Å²) in [5.41, 5.74) is 3.97. The minimum Gasteiger partial charge on any atom is -0.376 e. The second-order valence-corrected chi connectivity index (χ2v) is 5.91. The second-order valence-electron chi connectivity index (χ2n) is 5.91. The fraction of sp³-hybridized carbons (Fsp3) is 0.471. The summed E-state index contributed by atoms with van der Waals surface area (Å²) in [4.78, 5) is 21.4. The van der Waals surface area contributed by atoms with E-state index in [2.05, 4.69) is 15.3 Å². The molecule has 2 heterocycles. The molecule has 1 N–H and O–H groups in total. The summed E-state index contributed by atoms with van der Waals surface area (Å²) in [6.45, 7) is 6.64. The second kappa shape index (κ2) is 6.01. The number of carbonyl (C=O) groups is 1. The fourth-order valence-electron chi connectivity index (χ4n) is 2.75. The number of aryl methyl sites for hydroxylation is 2. The molecule has 2 unspecified atom stereocenters. The van der Waals surface area contributed by atoms with Crippen LogP contribution in [0.5, 0.6) is 0 Å². The maximum atomic E-state index is 12.4. The lowest BCUT2D eigenvalue weighted by atomic mass is 10.1. The predicted molar refractivity (Wildman–Crippen MR) is 84.9 cm³/mol. The van der Waals surface area contributed by atoms with Gasteiger partial charge >= 0.3 is 0 Å². The van der Waals surface area contributed by atoms with Crippen LogP contribution in [0.25, 0.3) is 11.0 Å². The number of hydrogen-bond acceptors (Lipinski definition) is 4. The Balaban J connectivity index is 1.80. The first-order valence-corrected chi connectivity index (χ1v) is 7.72. The van der Waals surface area contributed by atoms with E-state index in [0.29, 0.717) is 5.56 Å². The maximum absolute atomic E-state index is 12.4. The van der Waals surface area contributed by atoms with Crippen molar-refractivity contribution in [2.45, 2.75) is 45.8 Å². The van der Waals surface area contributed by atoms with E-state index in [1.54, 1.807) is 12.1 Å². The number of nitrogens with zero attached hydrogens (tertiary/aromatic N) is 2. The standard InChI is InChI=1S/C17H21N3O2/c1-10-11(2)19-15-9-13(6-7-14(15)18-10)17(21)20-12(3)16-5-4-8-22-16/h6-7,9,12,16H,4-5,8H2,1-3H3,(H,20,21). The highest BCUT2D eigenvalue weighted by Crippen LogP contribution is 2.17.